The Hall–Kier alpha value is -1.89. The van der Waals surface area contributed by atoms with Gasteiger partial charge in [0.2, 0.25) is 5.91 Å². The highest BCUT2D eigenvalue weighted by Crippen LogP contribution is 2.59. The highest BCUT2D eigenvalue weighted by molar-refractivity contribution is 6.29. The zero-order valence-corrected chi connectivity index (χ0v) is 14.9. The maximum atomic E-state index is 12.6. The van der Waals surface area contributed by atoms with E-state index in [9.17, 15) is 9.59 Å². The van der Waals surface area contributed by atoms with E-state index in [-0.39, 0.29) is 28.3 Å². The third kappa shape index (κ3) is 3.31. The predicted molar refractivity (Wildman–Crippen MR) is 88.7 cm³/mol. The van der Waals surface area contributed by atoms with Crippen LogP contribution in [0.4, 0.5) is 10.6 Å². The zero-order chi connectivity index (χ0) is 17.7. The third-order valence-corrected chi connectivity index (χ3v) is 4.58. The van der Waals surface area contributed by atoms with Crippen LogP contribution in [0.1, 0.15) is 40.5 Å². The number of ether oxygens (including phenoxy) is 1. The monoisotopic (exact) mass is 352 g/mol. The Morgan fingerprint density at radius 3 is 2.71 bits per heavy atom. The molecule has 2 heterocycles. The molecule has 1 aromatic heterocycles. The lowest BCUT2D eigenvalue weighted by molar-refractivity contribution is -0.121. The second-order valence-electron chi connectivity index (χ2n) is 7.70. The Labute approximate surface area is 145 Å². The third-order valence-electron chi connectivity index (χ3n) is 4.40. The average Bonchev–Trinajstić information content (AvgIpc) is 2.98. The molecular formula is C16H21ClN4O3. The number of fused-ring (bicyclic) bond motifs is 1. The van der Waals surface area contributed by atoms with E-state index in [1.807, 2.05) is 20.8 Å². The average molecular weight is 353 g/mol. The van der Waals surface area contributed by atoms with Crippen molar-refractivity contribution in [2.24, 2.45) is 5.41 Å². The molecular weight excluding hydrogens is 332 g/mol. The first-order valence-electron chi connectivity index (χ1n) is 7.89. The van der Waals surface area contributed by atoms with Crippen LogP contribution in [0, 0.1) is 5.41 Å². The lowest BCUT2D eigenvalue weighted by Gasteiger charge is -2.29. The van der Waals surface area contributed by atoms with Crippen molar-refractivity contribution in [1.29, 1.82) is 0 Å². The van der Waals surface area contributed by atoms with E-state index in [1.54, 1.807) is 4.90 Å². The zero-order valence-electron chi connectivity index (χ0n) is 14.2. The van der Waals surface area contributed by atoms with Crippen molar-refractivity contribution in [2.45, 2.75) is 58.2 Å². The number of rotatable bonds is 2. The number of carbonyl (C=O) groups is 2. The number of likely N-dealkylation sites (tertiary alicyclic amines) is 1. The molecule has 0 spiro atoms. The van der Waals surface area contributed by atoms with E-state index in [0.717, 1.165) is 6.42 Å². The summed E-state index contributed by atoms with van der Waals surface area (Å²) in [6.45, 7) is 7.51. The van der Waals surface area contributed by atoms with Crippen molar-refractivity contribution in [3.63, 3.8) is 0 Å². The molecule has 8 heteroatoms. The van der Waals surface area contributed by atoms with Gasteiger partial charge in [-0.1, -0.05) is 18.5 Å². The quantitative estimate of drug-likeness (QED) is 0.884. The molecule has 3 atom stereocenters. The Morgan fingerprint density at radius 1 is 1.38 bits per heavy atom. The van der Waals surface area contributed by atoms with Crippen molar-refractivity contribution in [3.05, 3.63) is 17.5 Å². The number of hydrogen-bond acceptors (Lipinski definition) is 5. The number of aromatic nitrogens is 2. The fraction of sp³-hybridized carbons (Fsp3) is 0.625. The summed E-state index contributed by atoms with van der Waals surface area (Å²) in [5.41, 5.74) is -0.622. The number of anilines is 1. The molecule has 1 aliphatic heterocycles. The molecule has 0 radical (unpaired) electrons. The molecule has 0 unspecified atom stereocenters. The SMILES string of the molecule is CC(C)(C)OC(=O)N1[C@@H](C(=O)Nc2cncc(Cl)n2)C[C@@]2(C)C[C@@H]12. The minimum atomic E-state index is -0.607. The largest absolute Gasteiger partial charge is 0.444 e. The second kappa shape index (κ2) is 5.58. The van der Waals surface area contributed by atoms with Crippen molar-refractivity contribution in [1.82, 2.24) is 14.9 Å². The molecule has 2 fully saturated rings. The lowest BCUT2D eigenvalue weighted by atomic mass is 10.0. The van der Waals surface area contributed by atoms with Crippen LogP contribution in [-0.4, -0.2) is 44.6 Å². The Morgan fingerprint density at radius 2 is 2.08 bits per heavy atom. The van der Waals surface area contributed by atoms with Gasteiger partial charge < -0.3 is 10.1 Å². The summed E-state index contributed by atoms with van der Waals surface area (Å²) in [7, 11) is 0. The van der Waals surface area contributed by atoms with Gasteiger partial charge in [0, 0.05) is 6.04 Å². The first-order chi connectivity index (χ1) is 11.1. The van der Waals surface area contributed by atoms with Crippen LogP contribution in [0.25, 0.3) is 0 Å². The van der Waals surface area contributed by atoms with Gasteiger partial charge in [-0.25, -0.2) is 9.78 Å². The summed E-state index contributed by atoms with van der Waals surface area (Å²) >= 11 is 5.78. The van der Waals surface area contributed by atoms with E-state index in [0.29, 0.717) is 6.42 Å². The van der Waals surface area contributed by atoms with Crippen LogP contribution in [0.3, 0.4) is 0 Å². The van der Waals surface area contributed by atoms with Crippen molar-refractivity contribution < 1.29 is 14.3 Å². The number of piperidine rings is 1. The fourth-order valence-corrected chi connectivity index (χ4v) is 3.34. The summed E-state index contributed by atoms with van der Waals surface area (Å²) in [5.74, 6) is -0.0341. The number of hydrogen-bond donors (Lipinski definition) is 1. The molecule has 1 N–H and O–H groups in total. The number of nitrogens with one attached hydrogen (secondary N) is 1. The minimum Gasteiger partial charge on any atom is -0.444 e. The number of amides is 2. The number of halogens is 1. The van der Waals surface area contributed by atoms with Crippen molar-refractivity contribution in [2.75, 3.05) is 5.32 Å². The van der Waals surface area contributed by atoms with Crippen LogP contribution in [0.2, 0.25) is 5.15 Å². The smallest absolute Gasteiger partial charge is 0.411 e. The molecule has 2 aliphatic rings. The minimum absolute atomic E-state index is 0.0150. The van der Waals surface area contributed by atoms with Crippen LogP contribution >= 0.6 is 11.6 Å². The summed E-state index contributed by atoms with van der Waals surface area (Å²) < 4.78 is 5.47. The normalized spacial score (nSPS) is 28.3. The van der Waals surface area contributed by atoms with Crippen LogP contribution in [0.15, 0.2) is 12.4 Å². The molecule has 3 rings (SSSR count). The molecule has 1 aromatic rings. The van der Waals surface area contributed by atoms with E-state index >= 15 is 0 Å². The van der Waals surface area contributed by atoms with Gasteiger partial charge in [0.05, 0.1) is 12.4 Å². The van der Waals surface area contributed by atoms with Gasteiger partial charge in [0.1, 0.15) is 16.8 Å². The number of carbonyl (C=O) groups excluding carboxylic acids is 2. The molecule has 1 saturated heterocycles. The topological polar surface area (TPSA) is 84.4 Å². The molecule has 0 bridgehead atoms. The standard InChI is InChI=1S/C16H21ClN4O3/c1-15(2,3)24-14(23)21-9(5-16(4)6-10(16)21)13(22)20-12-8-18-7-11(17)19-12/h7-10H,5-6H2,1-4H3,(H,19,20,22)/t9-,10-,16+/m1/s1. The van der Waals surface area contributed by atoms with Crippen LogP contribution < -0.4 is 5.32 Å². The summed E-state index contributed by atoms with van der Waals surface area (Å²) in [5, 5.41) is 2.88. The van der Waals surface area contributed by atoms with E-state index in [1.165, 1.54) is 12.4 Å². The van der Waals surface area contributed by atoms with E-state index in [2.05, 4.69) is 22.2 Å². The van der Waals surface area contributed by atoms with Crippen LogP contribution in [-0.2, 0) is 9.53 Å². The predicted octanol–water partition coefficient (Wildman–Crippen LogP) is 2.86. The van der Waals surface area contributed by atoms with Gasteiger partial charge in [-0.15, -0.1) is 0 Å². The van der Waals surface area contributed by atoms with E-state index in [4.69, 9.17) is 16.3 Å². The highest BCUT2D eigenvalue weighted by Gasteiger charge is 2.65. The Balaban J connectivity index is 1.75. The second-order valence-corrected chi connectivity index (χ2v) is 8.09. The maximum Gasteiger partial charge on any atom is 0.411 e. The Bertz CT molecular complexity index is 690. The molecule has 2 amide bonds. The molecule has 130 valence electrons. The summed E-state index contributed by atoms with van der Waals surface area (Å²) in [4.78, 5) is 34.6. The summed E-state index contributed by atoms with van der Waals surface area (Å²) in [6, 6.07) is -0.530. The fourth-order valence-electron chi connectivity index (χ4n) is 3.19. The van der Waals surface area contributed by atoms with Gasteiger partial charge in [-0.2, -0.15) is 0 Å². The first kappa shape index (κ1) is 17.0. The summed E-state index contributed by atoms with van der Waals surface area (Å²) in [6.07, 6.45) is 3.85. The molecule has 0 aromatic carbocycles. The molecule has 24 heavy (non-hydrogen) atoms. The molecule has 1 aliphatic carbocycles. The van der Waals surface area contributed by atoms with Gasteiger partial charge in [-0.3, -0.25) is 14.7 Å². The highest BCUT2D eigenvalue weighted by atomic mass is 35.5. The first-order valence-corrected chi connectivity index (χ1v) is 8.27. The van der Waals surface area contributed by atoms with Gasteiger partial charge >= 0.3 is 6.09 Å². The maximum absolute atomic E-state index is 12.6. The van der Waals surface area contributed by atoms with Crippen LogP contribution in [0.5, 0.6) is 0 Å². The van der Waals surface area contributed by atoms with Gasteiger partial charge in [-0.05, 0) is 39.0 Å². The van der Waals surface area contributed by atoms with Crippen molar-refractivity contribution >= 4 is 29.4 Å². The van der Waals surface area contributed by atoms with Crippen molar-refractivity contribution in [3.8, 4) is 0 Å². The Kier molecular flexibility index (Phi) is 3.94. The molecule has 7 nitrogen and oxygen atoms in total. The van der Waals surface area contributed by atoms with Gasteiger partial charge in [0.15, 0.2) is 5.82 Å². The lowest BCUT2D eigenvalue weighted by Crippen LogP contribution is -2.47. The molecule has 1 saturated carbocycles. The van der Waals surface area contributed by atoms with Gasteiger partial charge in [0.25, 0.3) is 0 Å². The van der Waals surface area contributed by atoms with E-state index < -0.39 is 17.7 Å². The number of nitrogens with zero attached hydrogens (tertiary/aromatic N) is 3.